The quantitative estimate of drug-likeness (QED) is 0.0369. The lowest BCUT2D eigenvalue weighted by molar-refractivity contribution is -0.159. The zero-order valence-electron chi connectivity index (χ0n) is 27.4. The number of allylic oxidation sites excluding steroid dienone is 1. The zero-order chi connectivity index (χ0) is 30.2. The first kappa shape index (κ1) is 39.8. The number of carbonyl (C=O) groups excluding carboxylic acids is 2. The minimum absolute atomic E-state index is 0.110. The highest BCUT2D eigenvalue weighted by atomic mass is 16.6. The van der Waals surface area contributed by atoms with Gasteiger partial charge < -0.3 is 15.6 Å². The molecule has 0 fully saturated rings. The molecule has 0 aromatic heterocycles. The van der Waals surface area contributed by atoms with Gasteiger partial charge in [-0.15, -0.1) is 0 Å². The van der Waals surface area contributed by atoms with Crippen molar-refractivity contribution in [1.29, 1.82) is 0 Å². The van der Waals surface area contributed by atoms with Crippen LogP contribution in [0, 0.1) is 0 Å². The topological polar surface area (TPSA) is 89.6 Å². The minimum atomic E-state index is -0.366. The molecule has 41 heavy (non-hydrogen) atoms. The van der Waals surface area contributed by atoms with E-state index in [9.17, 15) is 14.7 Å². The molecule has 0 amide bonds. The summed E-state index contributed by atoms with van der Waals surface area (Å²) in [4.78, 5) is 23.8. The molecule has 0 aromatic carbocycles. The smallest absolute Gasteiger partial charge is 0.313 e. The van der Waals surface area contributed by atoms with Crippen molar-refractivity contribution >= 4 is 11.9 Å². The number of aliphatic hydroxyl groups is 1. The Labute approximate surface area is 254 Å². The summed E-state index contributed by atoms with van der Waals surface area (Å²) in [7, 11) is 0. The predicted molar refractivity (Wildman–Crippen MR) is 175 cm³/mol. The van der Waals surface area contributed by atoms with Gasteiger partial charge in [-0.3, -0.25) is 9.59 Å². The van der Waals surface area contributed by atoms with Crippen molar-refractivity contribution in [1.82, 2.24) is 0 Å². The minimum Gasteiger partial charge on any atom is -0.393 e. The second-order valence-electron chi connectivity index (χ2n) is 12.3. The molecule has 0 aliphatic carbocycles. The summed E-state index contributed by atoms with van der Waals surface area (Å²) >= 11 is 0. The number of carbonyl (C=O) groups is 2. The second kappa shape index (κ2) is 31.7. The number of ether oxygens (including phenoxy) is 1. The summed E-state index contributed by atoms with van der Waals surface area (Å²) < 4.78 is 4.99. The van der Waals surface area contributed by atoms with Crippen molar-refractivity contribution in [3.63, 3.8) is 0 Å². The number of nitrogens with two attached hydrogens (primary N) is 1. The highest BCUT2D eigenvalue weighted by Gasteiger charge is 2.10. The van der Waals surface area contributed by atoms with E-state index in [4.69, 9.17) is 10.5 Å². The lowest BCUT2D eigenvalue weighted by atomic mass is 10.0. The summed E-state index contributed by atoms with van der Waals surface area (Å²) in [5.41, 5.74) is 6.17. The van der Waals surface area contributed by atoms with Crippen LogP contribution in [-0.2, 0) is 14.3 Å². The molecule has 5 heteroatoms. The van der Waals surface area contributed by atoms with Crippen LogP contribution in [0.25, 0.3) is 0 Å². The molecule has 0 rings (SSSR count). The van der Waals surface area contributed by atoms with Crippen LogP contribution < -0.4 is 5.73 Å². The molecule has 3 N–H and O–H groups in total. The third-order valence-corrected chi connectivity index (χ3v) is 8.07. The Morgan fingerprint density at radius 1 is 0.585 bits per heavy atom. The molecule has 0 radical (unpaired) electrons. The van der Waals surface area contributed by atoms with E-state index >= 15 is 0 Å². The average molecular weight is 580 g/mol. The number of hydrogen-bond acceptors (Lipinski definition) is 5. The molecule has 0 bridgehead atoms. The van der Waals surface area contributed by atoms with Gasteiger partial charge in [0.2, 0.25) is 0 Å². The van der Waals surface area contributed by atoms with Crippen LogP contribution in [0.2, 0.25) is 0 Å². The lowest BCUT2D eigenvalue weighted by Gasteiger charge is -2.10. The lowest BCUT2D eigenvalue weighted by Crippen LogP contribution is -2.18. The molecule has 5 nitrogen and oxygen atoms in total. The van der Waals surface area contributed by atoms with Crippen molar-refractivity contribution in [2.75, 3.05) is 0 Å². The van der Waals surface area contributed by atoms with Crippen LogP contribution in [0.15, 0.2) is 12.2 Å². The first-order valence-corrected chi connectivity index (χ1v) is 17.8. The fraction of sp³-hybridized carbons (Fsp3) is 0.889. The van der Waals surface area contributed by atoms with Crippen LogP contribution >= 0.6 is 0 Å². The van der Waals surface area contributed by atoms with E-state index in [-0.39, 0.29) is 18.0 Å². The van der Waals surface area contributed by atoms with Crippen LogP contribution in [0.1, 0.15) is 194 Å². The summed E-state index contributed by atoms with van der Waals surface area (Å²) in [5.74, 6) is -0.731. The first-order valence-electron chi connectivity index (χ1n) is 17.8. The monoisotopic (exact) mass is 580 g/mol. The highest BCUT2D eigenvalue weighted by molar-refractivity contribution is 5.85. The van der Waals surface area contributed by atoms with E-state index in [1.807, 2.05) is 0 Å². The predicted octanol–water partition coefficient (Wildman–Crippen LogP) is 10.3. The molecule has 0 aliphatic rings. The molecular formula is C36H69NO4. The largest absolute Gasteiger partial charge is 0.393 e. The Morgan fingerprint density at radius 2 is 1.00 bits per heavy atom. The average Bonchev–Trinajstić information content (AvgIpc) is 2.95. The van der Waals surface area contributed by atoms with Gasteiger partial charge in [0.05, 0.1) is 6.10 Å². The van der Waals surface area contributed by atoms with Crippen molar-refractivity contribution in [3.8, 4) is 0 Å². The molecule has 2 atom stereocenters. The van der Waals surface area contributed by atoms with E-state index < -0.39 is 0 Å². The van der Waals surface area contributed by atoms with Gasteiger partial charge in [0.1, 0.15) is 0 Å². The molecule has 0 aliphatic heterocycles. The Hall–Kier alpha value is -1.20. The molecule has 0 saturated heterocycles. The molecule has 0 saturated carbocycles. The van der Waals surface area contributed by atoms with Crippen molar-refractivity contribution in [2.45, 2.75) is 206 Å². The normalized spacial score (nSPS) is 13.1. The standard InChI is InChI=1S/C36H69NO4/c1-3-5-7-21-27-33(37)28-22-17-13-9-11-15-19-25-31-35(39)41-36(40)32-26-20-16-12-10-14-18-24-30-34(38)29-23-8-6-4-2/h17,22,33-34,38H,3-16,18-21,23-32,37H2,1-2H3/b22-17-/t33-,34?/m1/s1. The molecule has 0 aromatic rings. The molecule has 242 valence electrons. The van der Waals surface area contributed by atoms with E-state index in [2.05, 4.69) is 26.0 Å². The van der Waals surface area contributed by atoms with E-state index in [1.54, 1.807) is 0 Å². The summed E-state index contributed by atoms with van der Waals surface area (Å²) in [6.45, 7) is 4.45. The maximum atomic E-state index is 11.9. The van der Waals surface area contributed by atoms with Gasteiger partial charge in [0, 0.05) is 18.9 Å². The van der Waals surface area contributed by atoms with Crippen molar-refractivity contribution < 1.29 is 19.4 Å². The maximum Gasteiger partial charge on any atom is 0.313 e. The van der Waals surface area contributed by atoms with Gasteiger partial charge in [0.15, 0.2) is 0 Å². The molecule has 0 spiro atoms. The van der Waals surface area contributed by atoms with Gasteiger partial charge in [-0.05, 0) is 51.4 Å². The summed E-state index contributed by atoms with van der Waals surface area (Å²) in [6.07, 6.45) is 34.5. The molecule has 1 unspecified atom stereocenters. The van der Waals surface area contributed by atoms with Crippen LogP contribution in [0.3, 0.4) is 0 Å². The molecular weight excluding hydrogens is 510 g/mol. The third kappa shape index (κ3) is 31.6. The number of esters is 2. The summed E-state index contributed by atoms with van der Waals surface area (Å²) in [5, 5.41) is 10.0. The zero-order valence-corrected chi connectivity index (χ0v) is 27.4. The van der Waals surface area contributed by atoms with Gasteiger partial charge in [-0.25, -0.2) is 0 Å². The van der Waals surface area contributed by atoms with E-state index in [0.29, 0.717) is 18.9 Å². The SMILES string of the molecule is CCCCCCC(O)CCCCCCCCCCC(=O)OC(=O)CCCCCCC/C=C\C[C@H](N)CCCCCC. The fourth-order valence-electron chi connectivity index (χ4n) is 5.29. The van der Waals surface area contributed by atoms with Crippen molar-refractivity contribution in [3.05, 3.63) is 12.2 Å². The fourth-order valence-corrected chi connectivity index (χ4v) is 5.29. The van der Waals surface area contributed by atoms with Crippen LogP contribution in [-0.4, -0.2) is 29.2 Å². The third-order valence-electron chi connectivity index (χ3n) is 8.07. The van der Waals surface area contributed by atoms with E-state index in [1.165, 1.54) is 83.5 Å². The van der Waals surface area contributed by atoms with Gasteiger partial charge in [-0.1, -0.05) is 142 Å². The van der Waals surface area contributed by atoms with Gasteiger partial charge in [0.25, 0.3) is 0 Å². The Bertz CT molecular complexity index is 606. The maximum absolute atomic E-state index is 11.9. The second-order valence-corrected chi connectivity index (χ2v) is 12.3. The van der Waals surface area contributed by atoms with Gasteiger partial charge >= 0.3 is 11.9 Å². The van der Waals surface area contributed by atoms with Crippen LogP contribution in [0.4, 0.5) is 0 Å². The number of hydrogen-bond donors (Lipinski definition) is 2. The van der Waals surface area contributed by atoms with Crippen LogP contribution in [0.5, 0.6) is 0 Å². The van der Waals surface area contributed by atoms with Crippen molar-refractivity contribution in [2.24, 2.45) is 5.73 Å². The molecule has 0 heterocycles. The Morgan fingerprint density at radius 3 is 1.51 bits per heavy atom. The highest BCUT2D eigenvalue weighted by Crippen LogP contribution is 2.15. The number of unbranched alkanes of at least 4 members (excludes halogenated alkanes) is 18. The number of rotatable bonds is 31. The summed E-state index contributed by atoms with van der Waals surface area (Å²) in [6, 6.07) is 0.302. The van der Waals surface area contributed by atoms with E-state index in [0.717, 1.165) is 83.5 Å². The Kier molecular flexibility index (Phi) is 30.8. The van der Waals surface area contributed by atoms with Gasteiger partial charge in [-0.2, -0.15) is 0 Å². The Balaban J connectivity index is 3.43. The number of aliphatic hydroxyl groups excluding tert-OH is 1. The first-order chi connectivity index (χ1) is 20.0.